The van der Waals surface area contributed by atoms with Gasteiger partial charge in [0.15, 0.2) is 0 Å². The largest absolute Gasteiger partial charge is 0.469 e. The van der Waals surface area contributed by atoms with Crippen LogP contribution in [-0.4, -0.2) is 5.33 Å². The van der Waals surface area contributed by atoms with E-state index in [4.69, 9.17) is 4.42 Å². The third kappa shape index (κ3) is 1.37. The average Bonchev–Trinajstić information content (AvgIpc) is 2.19. The molecule has 0 saturated heterocycles. The number of halogens is 1. The fraction of sp³-hybridized carbons (Fsp3) is 0.333. The molecule has 44 valence electrons. The van der Waals surface area contributed by atoms with Crippen molar-refractivity contribution in [1.29, 1.82) is 0 Å². The molecule has 2 heteroatoms. The van der Waals surface area contributed by atoms with Gasteiger partial charge in [0.1, 0.15) is 5.76 Å². The van der Waals surface area contributed by atoms with Crippen molar-refractivity contribution in [3.8, 4) is 0 Å². The van der Waals surface area contributed by atoms with Crippen LogP contribution in [0.2, 0.25) is 0 Å². The van der Waals surface area contributed by atoms with Crippen molar-refractivity contribution >= 4 is 15.9 Å². The SMILES string of the molecule is BrCCc1ccco1. The Morgan fingerprint density at radius 1 is 1.62 bits per heavy atom. The molecular weight excluding hydrogens is 168 g/mol. The highest BCUT2D eigenvalue weighted by atomic mass is 79.9. The Balaban J connectivity index is 2.50. The molecule has 1 rings (SSSR count). The van der Waals surface area contributed by atoms with Gasteiger partial charge in [-0.05, 0) is 12.1 Å². The van der Waals surface area contributed by atoms with Crippen molar-refractivity contribution in [2.24, 2.45) is 0 Å². The van der Waals surface area contributed by atoms with Crippen molar-refractivity contribution in [3.63, 3.8) is 0 Å². The van der Waals surface area contributed by atoms with Crippen molar-refractivity contribution in [2.75, 3.05) is 5.33 Å². The van der Waals surface area contributed by atoms with E-state index >= 15 is 0 Å². The summed E-state index contributed by atoms with van der Waals surface area (Å²) in [6.45, 7) is 0. The summed E-state index contributed by atoms with van der Waals surface area (Å²) in [6, 6.07) is 3.87. The summed E-state index contributed by atoms with van der Waals surface area (Å²) in [6.07, 6.45) is 2.67. The minimum absolute atomic E-state index is 0.973. The Bertz CT molecular complexity index is 134. The molecular formula is C6H7BrO. The highest BCUT2D eigenvalue weighted by Crippen LogP contribution is 2.01. The molecule has 1 nitrogen and oxygen atoms in total. The van der Waals surface area contributed by atoms with Gasteiger partial charge in [0.25, 0.3) is 0 Å². The quantitative estimate of drug-likeness (QED) is 0.628. The summed E-state index contributed by atoms with van der Waals surface area (Å²) in [5.41, 5.74) is 0. The third-order valence-electron chi connectivity index (χ3n) is 0.921. The first-order valence-electron chi connectivity index (χ1n) is 2.52. The van der Waals surface area contributed by atoms with Crippen LogP contribution in [0.1, 0.15) is 5.76 Å². The summed E-state index contributed by atoms with van der Waals surface area (Å²) in [5.74, 6) is 1.04. The lowest BCUT2D eigenvalue weighted by Gasteiger charge is -1.84. The molecule has 0 aliphatic rings. The highest BCUT2D eigenvalue weighted by molar-refractivity contribution is 9.09. The van der Waals surface area contributed by atoms with E-state index in [-0.39, 0.29) is 0 Å². The first-order chi connectivity index (χ1) is 3.93. The van der Waals surface area contributed by atoms with Gasteiger partial charge in [0.2, 0.25) is 0 Å². The molecule has 0 amide bonds. The van der Waals surface area contributed by atoms with E-state index in [0.717, 1.165) is 17.5 Å². The van der Waals surface area contributed by atoms with E-state index in [1.54, 1.807) is 6.26 Å². The zero-order chi connectivity index (χ0) is 5.82. The minimum Gasteiger partial charge on any atom is -0.469 e. The molecule has 0 atom stereocenters. The molecule has 0 spiro atoms. The lowest BCUT2D eigenvalue weighted by Crippen LogP contribution is -1.78. The second-order valence-corrected chi connectivity index (χ2v) is 2.31. The molecule has 0 aromatic carbocycles. The molecule has 0 aliphatic carbocycles. The maximum absolute atomic E-state index is 5.04. The van der Waals surface area contributed by atoms with E-state index in [9.17, 15) is 0 Å². The van der Waals surface area contributed by atoms with E-state index in [0.29, 0.717) is 0 Å². The van der Waals surface area contributed by atoms with Crippen LogP contribution in [0, 0.1) is 0 Å². The maximum Gasteiger partial charge on any atom is 0.104 e. The summed E-state index contributed by atoms with van der Waals surface area (Å²) >= 11 is 3.31. The summed E-state index contributed by atoms with van der Waals surface area (Å²) in [4.78, 5) is 0. The van der Waals surface area contributed by atoms with Crippen molar-refractivity contribution in [2.45, 2.75) is 6.42 Å². The predicted molar refractivity (Wildman–Crippen MR) is 36.2 cm³/mol. The van der Waals surface area contributed by atoms with Gasteiger partial charge in [0.05, 0.1) is 6.26 Å². The summed E-state index contributed by atoms with van der Waals surface area (Å²) in [7, 11) is 0. The molecule has 1 aromatic heterocycles. The van der Waals surface area contributed by atoms with Crippen LogP contribution in [0.25, 0.3) is 0 Å². The lowest BCUT2D eigenvalue weighted by atomic mass is 10.4. The highest BCUT2D eigenvalue weighted by Gasteiger charge is 1.89. The zero-order valence-corrected chi connectivity index (χ0v) is 6.02. The van der Waals surface area contributed by atoms with Gasteiger partial charge in [0, 0.05) is 11.8 Å². The Morgan fingerprint density at radius 3 is 3.00 bits per heavy atom. The number of hydrogen-bond donors (Lipinski definition) is 0. The number of alkyl halides is 1. The van der Waals surface area contributed by atoms with Gasteiger partial charge in [-0.3, -0.25) is 0 Å². The zero-order valence-electron chi connectivity index (χ0n) is 4.43. The Morgan fingerprint density at radius 2 is 2.50 bits per heavy atom. The van der Waals surface area contributed by atoms with E-state index in [1.165, 1.54) is 0 Å². The number of hydrogen-bond acceptors (Lipinski definition) is 1. The molecule has 0 N–H and O–H groups in total. The van der Waals surface area contributed by atoms with Gasteiger partial charge in [-0.25, -0.2) is 0 Å². The first kappa shape index (κ1) is 5.89. The second kappa shape index (κ2) is 2.92. The fourth-order valence-electron chi connectivity index (χ4n) is 0.548. The number of aryl methyl sites for hydroxylation is 1. The Hall–Kier alpha value is -0.240. The predicted octanol–water partition coefficient (Wildman–Crippen LogP) is 2.22. The van der Waals surface area contributed by atoms with Gasteiger partial charge < -0.3 is 4.42 Å². The molecule has 0 aliphatic heterocycles. The Labute approximate surface area is 56.8 Å². The van der Waals surface area contributed by atoms with Gasteiger partial charge in [-0.2, -0.15) is 0 Å². The van der Waals surface area contributed by atoms with Crippen LogP contribution < -0.4 is 0 Å². The molecule has 0 radical (unpaired) electrons. The van der Waals surface area contributed by atoms with Gasteiger partial charge >= 0.3 is 0 Å². The molecule has 1 heterocycles. The molecule has 0 saturated carbocycles. The van der Waals surface area contributed by atoms with E-state index in [2.05, 4.69) is 15.9 Å². The molecule has 0 fully saturated rings. The Kier molecular flexibility index (Phi) is 2.15. The minimum atomic E-state index is 0.973. The summed E-state index contributed by atoms with van der Waals surface area (Å²) < 4.78 is 5.04. The van der Waals surface area contributed by atoms with E-state index < -0.39 is 0 Å². The number of furan rings is 1. The van der Waals surface area contributed by atoms with Crippen LogP contribution >= 0.6 is 15.9 Å². The van der Waals surface area contributed by atoms with Gasteiger partial charge in [-0.1, -0.05) is 15.9 Å². The summed E-state index contributed by atoms with van der Waals surface area (Å²) in [5, 5.41) is 0.973. The molecule has 8 heavy (non-hydrogen) atoms. The van der Waals surface area contributed by atoms with Crippen molar-refractivity contribution < 1.29 is 4.42 Å². The van der Waals surface area contributed by atoms with Crippen LogP contribution in [0.3, 0.4) is 0 Å². The number of rotatable bonds is 2. The monoisotopic (exact) mass is 174 g/mol. The first-order valence-corrected chi connectivity index (χ1v) is 3.64. The van der Waals surface area contributed by atoms with Crippen LogP contribution in [0.4, 0.5) is 0 Å². The van der Waals surface area contributed by atoms with Crippen LogP contribution in [0.5, 0.6) is 0 Å². The van der Waals surface area contributed by atoms with Gasteiger partial charge in [-0.15, -0.1) is 0 Å². The van der Waals surface area contributed by atoms with Crippen molar-refractivity contribution in [1.82, 2.24) is 0 Å². The molecule has 0 unspecified atom stereocenters. The lowest BCUT2D eigenvalue weighted by molar-refractivity contribution is 0.517. The smallest absolute Gasteiger partial charge is 0.104 e. The van der Waals surface area contributed by atoms with Crippen LogP contribution in [-0.2, 0) is 6.42 Å². The second-order valence-electron chi connectivity index (χ2n) is 1.52. The maximum atomic E-state index is 5.04. The normalized spacial score (nSPS) is 9.62. The van der Waals surface area contributed by atoms with Crippen LogP contribution in [0.15, 0.2) is 22.8 Å². The topological polar surface area (TPSA) is 13.1 Å². The fourth-order valence-corrected chi connectivity index (χ4v) is 0.939. The molecule has 0 bridgehead atoms. The molecule has 1 aromatic rings. The standard InChI is InChI=1S/C6H7BrO/c7-4-3-6-2-1-5-8-6/h1-2,5H,3-4H2. The van der Waals surface area contributed by atoms with E-state index in [1.807, 2.05) is 12.1 Å². The van der Waals surface area contributed by atoms with Crippen molar-refractivity contribution in [3.05, 3.63) is 24.2 Å². The average molecular weight is 175 g/mol. The third-order valence-corrected chi connectivity index (χ3v) is 1.32.